The lowest BCUT2D eigenvalue weighted by Gasteiger charge is -2.33. The molecule has 1 heterocycles. The van der Waals surface area contributed by atoms with Gasteiger partial charge in [0.1, 0.15) is 0 Å². The molecule has 0 N–H and O–H groups in total. The third-order valence-corrected chi connectivity index (χ3v) is 6.22. The molecule has 0 spiro atoms. The fourth-order valence-corrected chi connectivity index (χ4v) is 4.78. The van der Waals surface area contributed by atoms with Crippen LogP contribution in [0.25, 0.3) is 0 Å². The van der Waals surface area contributed by atoms with Gasteiger partial charge in [0.2, 0.25) is 0 Å². The fraction of sp³-hybridized carbons (Fsp3) is 0.429. The molecule has 0 fully saturated rings. The third kappa shape index (κ3) is 3.92. The Kier molecular flexibility index (Phi) is 6.13. The smallest absolute Gasteiger partial charge is 0.0567 e. The Morgan fingerprint density at radius 1 is 1.00 bits per heavy atom. The Labute approximate surface area is 155 Å². The monoisotopic (exact) mass is 359 g/mol. The van der Waals surface area contributed by atoms with Gasteiger partial charge < -0.3 is 4.90 Å². The van der Waals surface area contributed by atoms with E-state index in [0.29, 0.717) is 0 Å². The first-order valence-corrected chi connectivity index (χ1v) is 10.3. The van der Waals surface area contributed by atoms with Gasteiger partial charge in [-0.05, 0) is 49.1 Å². The van der Waals surface area contributed by atoms with E-state index >= 15 is 0 Å². The van der Waals surface area contributed by atoms with Crippen molar-refractivity contribution in [1.82, 2.24) is 0 Å². The quantitative estimate of drug-likeness (QED) is 0.502. The zero-order valence-corrected chi connectivity index (χ0v) is 16.2. The Bertz CT molecular complexity index is 685. The zero-order chi connectivity index (χ0) is 16.9. The van der Waals surface area contributed by atoms with Crippen LogP contribution in [0, 0.1) is 5.92 Å². The highest BCUT2D eigenvalue weighted by molar-refractivity contribution is 7.99. The van der Waals surface area contributed by atoms with Gasteiger partial charge in [-0.25, -0.2) is 0 Å². The number of hydrogen-bond donors (Lipinski definition) is 0. The van der Waals surface area contributed by atoms with Gasteiger partial charge in [0, 0.05) is 21.4 Å². The molecule has 0 saturated heterocycles. The Balaban J connectivity index is 1.80. The van der Waals surface area contributed by atoms with Crippen molar-refractivity contribution in [3.05, 3.63) is 47.5 Å². The van der Waals surface area contributed by atoms with E-state index in [1.54, 1.807) is 0 Å². The van der Waals surface area contributed by atoms with E-state index < -0.39 is 0 Å². The maximum absolute atomic E-state index is 6.28. The van der Waals surface area contributed by atoms with Crippen molar-refractivity contribution in [2.24, 2.45) is 5.92 Å². The molecule has 24 heavy (non-hydrogen) atoms. The van der Waals surface area contributed by atoms with Gasteiger partial charge in [0.25, 0.3) is 0 Å². The van der Waals surface area contributed by atoms with Crippen LogP contribution in [0.2, 0.25) is 5.02 Å². The fourth-order valence-electron chi connectivity index (χ4n) is 3.54. The summed E-state index contributed by atoms with van der Waals surface area (Å²) in [7, 11) is 0. The van der Waals surface area contributed by atoms with Crippen LogP contribution in [0.3, 0.4) is 0 Å². The summed E-state index contributed by atoms with van der Waals surface area (Å²) in [5.41, 5.74) is 2.58. The van der Waals surface area contributed by atoms with E-state index in [2.05, 4.69) is 55.1 Å². The normalized spacial score (nSPS) is 14.2. The van der Waals surface area contributed by atoms with Crippen LogP contribution in [-0.4, -0.2) is 6.54 Å². The second-order valence-electron chi connectivity index (χ2n) is 6.54. The Hall–Kier alpha value is -1.12. The minimum absolute atomic E-state index is 0.816. The number of nitrogens with zero attached hydrogens (tertiary/aromatic N) is 1. The number of benzene rings is 2. The highest BCUT2D eigenvalue weighted by Gasteiger charge is 2.23. The summed E-state index contributed by atoms with van der Waals surface area (Å²) in [6, 6.07) is 15.0. The lowest BCUT2D eigenvalue weighted by molar-refractivity contribution is 0.421. The van der Waals surface area contributed by atoms with Gasteiger partial charge in [-0.2, -0.15) is 0 Å². The lowest BCUT2D eigenvalue weighted by atomic mass is 9.95. The average Bonchev–Trinajstić information content (AvgIpc) is 2.60. The molecule has 0 bridgehead atoms. The van der Waals surface area contributed by atoms with E-state index in [0.717, 1.165) is 17.5 Å². The first-order valence-electron chi connectivity index (χ1n) is 9.07. The van der Waals surface area contributed by atoms with Gasteiger partial charge in [-0.3, -0.25) is 0 Å². The van der Waals surface area contributed by atoms with Gasteiger partial charge in [0.15, 0.2) is 0 Å². The third-order valence-electron chi connectivity index (χ3n) is 4.86. The summed E-state index contributed by atoms with van der Waals surface area (Å²) in [5, 5.41) is 0.816. The first kappa shape index (κ1) is 17.7. The van der Waals surface area contributed by atoms with E-state index in [9.17, 15) is 0 Å². The van der Waals surface area contributed by atoms with E-state index in [-0.39, 0.29) is 0 Å². The largest absolute Gasteiger partial charge is 0.340 e. The number of fused-ring (bicyclic) bond motifs is 2. The molecule has 0 aliphatic carbocycles. The predicted molar refractivity (Wildman–Crippen MR) is 107 cm³/mol. The van der Waals surface area contributed by atoms with Gasteiger partial charge in [-0.1, -0.05) is 68.6 Å². The second kappa shape index (κ2) is 8.31. The van der Waals surface area contributed by atoms with Gasteiger partial charge in [0.05, 0.1) is 11.4 Å². The summed E-state index contributed by atoms with van der Waals surface area (Å²) in [6.45, 7) is 5.67. The molecule has 2 aromatic rings. The minimum atomic E-state index is 0.816. The topological polar surface area (TPSA) is 3.24 Å². The van der Waals surface area contributed by atoms with Crippen LogP contribution >= 0.6 is 23.4 Å². The summed E-state index contributed by atoms with van der Waals surface area (Å²) in [6.07, 6.45) is 6.48. The molecule has 0 aromatic heterocycles. The van der Waals surface area contributed by atoms with Crippen LogP contribution in [0.15, 0.2) is 52.3 Å². The van der Waals surface area contributed by atoms with Crippen LogP contribution in [-0.2, 0) is 0 Å². The highest BCUT2D eigenvalue weighted by Crippen LogP contribution is 2.48. The van der Waals surface area contributed by atoms with Crippen molar-refractivity contribution in [2.75, 3.05) is 11.4 Å². The van der Waals surface area contributed by atoms with Crippen LogP contribution < -0.4 is 4.90 Å². The summed E-state index contributed by atoms with van der Waals surface area (Å²) >= 11 is 8.13. The highest BCUT2D eigenvalue weighted by atomic mass is 35.5. The standard InChI is InChI=1S/C21H26ClNS/c1-3-8-16(4-2)9-7-14-23-18-10-5-6-11-20(18)24-21-13-12-17(22)15-19(21)23/h5-6,10-13,15-16H,3-4,7-9,14H2,1-2H3. The molecule has 0 radical (unpaired) electrons. The summed E-state index contributed by atoms with van der Waals surface area (Å²) in [5.74, 6) is 0.864. The molecule has 0 amide bonds. The first-order chi connectivity index (χ1) is 11.7. The van der Waals surface area contributed by atoms with Crippen molar-refractivity contribution < 1.29 is 0 Å². The molecular weight excluding hydrogens is 334 g/mol. The van der Waals surface area contributed by atoms with Crippen molar-refractivity contribution in [2.45, 2.75) is 55.7 Å². The molecule has 3 rings (SSSR count). The van der Waals surface area contributed by atoms with Crippen molar-refractivity contribution in [3.63, 3.8) is 0 Å². The van der Waals surface area contributed by atoms with E-state index in [4.69, 9.17) is 11.6 Å². The molecule has 128 valence electrons. The number of rotatable bonds is 7. The molecule has 2 aromatic carbocycles. The number of anilines is 2. The van der Waals surface area contributed by atoms with Crippen molar-refractivity contribution in [1.29, 1.82) is 0 Å². The van der Waals surface area contributed by atoms with Crippen molar-refractivity contribution >= 4 is 34.7 Å². The zero-order valence-electron chi connectivity index (χ0n) is 14.6. The maximum Gasteiger partial charge on any atom is 0.0567 e. The van der Waals surface area contributed by atoms with Crippen LogP contribution in [0.5, 0.6) is 0 Å². The number of para-hydroxylation sites is 1. The van der Waals surface area contributed by atoms with Gasteiger partial charge >= 0.3 is 0 Å². The molecule has 1 nitrogen and oxygen atoms in total. The number of hydrogen-bond acceptors (Lipinski definition) is 2. The minimum Gasteiger partial charge on any atom is -0.340 e. The molecule has 1 aliphatic rings. The molecular formula is C21H26ClNS. The predicted octanol–water partition coefficient (Wildman–Crippen LogP) is 7.55. The summed E-state index contributed by atoms with van der Waals surface area (Å²) < 4.78 is 0. The van der Waals surface area contributed by atoms with Crippen molar-refractivity contribution in [3.8, 4) is 0 Å². The van der Waals surface area contributed by atoms with E-state index in [1.165, 1.54) is 53.3 Å². The molecule has 0 saturated carbocycles. The van der Waals surface area contributed by atoms with Gasteiger partial charge in [-0.15, -0.1) is 0 Å². The SMILES string of the molecule is CCCC(CC)CCCN1c2ccccc2Sc2ccc(Cl)cc21. The molecule has 3 heteroatoms. The number of halogens is 1. The molecule has 1 aliphatic heterocycles. The van der Waals surface area contributed by atoms with Crippen LogP contribution in [0.1, 0.15) is 46.0 Å². The Morgan fingerprint density at radius 3 is 2.58 bits per heavy atom. The average molecular weight is 360 g/mol. The molecule has 1 unspecified atom stereocenters. The molecule has 1 atom stereocenters. The van der Waals surface area contributed by atoms with Crippen LogP contribution in [0.4, 0.5) is 11.4 Å². The lowest BCUT2D eigenvalue weighted by Crippen LogP contribution is -2.22. The second-order valence-corrected chi connectivity index (χ2v) is 8.06. The Morgan fingerprint density at radius 2 is 1.79 bits per heavy atom. The van der Waals surface area contributed by atoms with E-state index in [1.807, 2.05) is 17.8 Å². The summed E-state index contributed by atoms with van der Waals surface area (Å²) in [4.78, 5) is 5.11. The maximum atomic E-state index is 6.28.